The van der Waals surface area contributed by atoms with Gasteiger partial charge in [-0.15, -0.1) is 0 Å². The zero-order chi connectivity index (χ0) is 14.8. The first-order valence-corrected chi connectivity index (χ1v) is 6.85. The molecule has 1 fully saturated rings. The molecule has 19 heavy (non-hydrogen) atoms. The topological polar surface area (TPSA) is 69.6 Å². The van der Waals surface area contributed by atoms with Gasteiger partial charge in [-0.3, -0.25) is 9.59 Å². The van der Waals surface area contributed by atoms with E-state index in [0.29, 0.717) is 19.5 Å². The number of nitrogens with zero attached hydrogens (tertiary/aromatic N) is 1. The second kappa shape index (κ2) is 5.90. The molecule has 1 rings (SSSR count). The Morgan fingerprint density at radius 3 is 2.32 bits per heavy atom. The van der Waals surface area contributed by atoms with Crippen molar-refractivity contribution in [2.75, 3.05) is 13.1 Å². The Morgan fingerprint density at radius 2 is 1.89 bits per heavy atom. The highest BCUT2D eigenvalue weighted by atomic mass is 16.3. The molecule has 0 aliphatic carbocycles. The number of carbonyl (C=O) groups excluding carboxylic acids is 2. The number of amides is 2. The van der Waals surface area contributed by atoms with Gasteiger partial charge in [-0.1, -0.05) is 20.8 Å². The molecule has 1 saturated heterocycles. The van der Waals surface area contributed by atoms with Crippen LogP contribution in [0.5, 0.6) is 0 Å². The zero-order valence-electron chi connectivity index (χ0n) is 12.6. The maximum Gasteiger partial charge on any atom is 0.228 e. The molecule has 5 heteroatoms. The summed E-state index contributed by atoms with van der Waals surface area (Å²) in [6, 6.07) is -0.0721. The van der Waals surface area contributed by atoms with Gasteiger partial charge in [0.25, 0.3) is 0 Å². The van der Waals surface area contributed by atoms with Crippen molar-refractivity contribution in [1.82, 2.24) is 10.2 Å². The maximum atomic E-state index is 12.4. The maximum absolute atomic E-state index is 12.4. The molecule has 110 valence electrons. The van der Waals surface area contributed by atoms with E-state index in [4.69, 9.17) is 0 Å². The molecule has 1 heterocycles. The van der Waals surface area contributed by atoms with E-state index in [1.807, 2.05) is 20.8 Å². The average molecular weight is 270 g/mol. The molecular formula is C14H26N2O3. The van der Waals surface area contributed by atoms with Crippen molar-refractivity contribution >= 4 is 11.8 Å². The number of rotatable bonds is 2. The van der Waals surface area contributed by atoms with Crippen LogP contribution in [0.1, 0.15) is 41.0 Å². The summed E-state index contributed by atoms with van der Waals surface area (Å²) in [4.78, 5) is 25.3. The van der Waals surface area contributed by atoms with Crippen LogP contribution in [0.4, 0.5) is 0 Å². The highest BCUT2D eigenvalue weighted by Gasteiger charge is 2.36. The monoisotopic (exact) mass is 270 g/mol. The minimum absolute atomic E-state index is 0.0110. The van der Waals surface area contributed by atoms with Crippen molar-refractivity contribution in [3.8, 4) is 0 Å². The summed E-state index contributed by atoms with van der Waals surface area (Å²) < 4.78 is 0. The molecule has 0 aromatic rings. The first-order chi connectivity index (χ1) is 8.61. The molecule has 1 aliphatic rings. The molecule has 2 N–H and O–H groups in total. The van der Waals surface area contributed by atoms with Crippen LogP contribution in [0.25, 0.3) is 0 Å². The average Bonchev–Trinajstić information content (AvgIpc) is 2.25. The Morgan fingerprint density at radius 1 is 1.32 bits per heavy atom. The quantitative estimate of drug-likeness (QED) is 0.778. The number of hydrogen-bond acceptors (Lipinski definition) is 3. The highest BCUT2D eigenvalue weighted by Crippen LogP contribution is 2.25. The Labute approximate surface area is 115 Å². The molecule has 0 radical (unpaired) electrons. The Kier molecular flexibility index (Phi) is 4.96. The van der Waals surface area contributed by atoms with E-state index in [1.165, 1.54) is 6.92 Å². The predicted octanol–water partition coefficient (Wildman–Crippen LogP) is 0.766. The normalized spacial score (nSPS) is 25.9. The van der Waals surface area contributed by atoms with E-state index in [9.17, 15) is 14.7 Å². The molecule has 0 aromatic heterocycles. The highest BCUT2D eigenvalue weighted by molar-refractivity contribution is 5.81. The third-order valence-electron chi connectivity index (χ3n) is 3.50. The van der Waals surface area contributed by atoms with Crippen LogP contribution >= 0.6 is 0 Å². The predicted molar refractivity (Wildman–Crippen MR) is 73.4 cm³/mol. The summed E-state index contributed by atoms with van der Waals surface area (Å²) in [7, 11) is 0. The van der Waals surface area contributed by atoms with Gasteiger partial charge >= 0.3 is 0 Å². The molecule has 0 saturated carbocycles. The molecule has 3 unspecified atom stereocenters. The van der Waals surface area contributed by atoms with Gasteiger partial charge in [-0.25, -0.2) is 0 Å². The molecule has 3 atom stereocenters. The SMILES string of the molecule is CC(=O)NC1CC(C(C)O)CN(C(=O)C(C)(C)C)C1. The molecule has 5 nitrogen and oxygen atoms in total. The number of likely N-dealkylation sites (tertiary alicyclic amines) is 1. The Hall–Kier alpha value is -1.10. The lowest BCUT2D eigenvalue weighted by Gasteiger charge is -2.41. The van der Waals surface area contributed by atoms with Crippen molar-refractivity contribution in [2.24, 2.45) is 11.3 Å². The number of hydrogen-bond donors (Lipinski definition) is 2. The number of aliphatic hydroxyl groups excluding tert-OH is 1. The summed E-state index contributed by atoms with van der Waals surface area (Å²) >= 11 is 0. The molecule has 0 spiro atoms. The summed E-state index contributed by atoms with van der Waals surface area (Å²) in [5.74, 6) is -0.0236. The van der Waals surface area contributed by atoms with Gasteiger partial charge in [-0.2, -0.15) is 0 Å². The third-order valence-corrected chi connectivity index (χ3v) is 3.50. The van der Waals surface area contributed by atoms with Gasteiger partial charge in [-0.05, 0) is 13.3 Å². The first-order valence-electron chi connectivity index (χ1n) is 6.85. The smallest absolute Gasteiger partial charge is 0.228 e. The van der Waals surface area contributed by atoms with E-state index in [-0.39, 0.29) is 23.8 Å². The zero-order valence-corrected chi connectivity index (χ0v) is 12.6. The minimum Gasteiger partial charge on any atom is -0.393 e. The van der Waals surface area contributed by atoms with Crippen LogP contribution in [0.3, 0.4) is 0 Å². The fourth-order valence-corrected chi connectivity index (χ4v) is 2.52. The van der Waals surface area contributed by atoms with Crippen LogP contribution in [-0.4, -0.2) is 47.1 Å². The Bertz CT molecular complexity index is 347. The van der Waals surface area contributed by atoms with Crippen LogP contribution in [0.2, 0.25) is 0 Å². The van der Waals surface area contributed by atoms with Gasteiger partial charge < -0.3 is 15.3 Å². The summed E-state index contributed by atoms with van der Waals surface area (Å²) in [5, 5.41) is 12.6. The van der Waals surface area contributed by atoms with Gasteiger partial charge in [0.1, 0.15) is 0 Å². The van der Waals surface area contributed by atoms with Crippen LogP contribution in [-0.2, 0) is 9.59 Å². The number of aliphatic hydroxyl groups is 1. The summed E-state index contributed by atoms with van der Waals surface area (Å²) in [5.41, 5.74) is -0.443. The lowest BCUT2D eigenvalue weighted by molar-refractivity contribution is -0.143. The molecule has 2 amide bonds. The van der Waals surface area contributed by atoms with Crippen LogP contribution in [0, 0.1) is 11.3 Å². The fraction of sp³-hybridized carbons (Fsp3) is 0.857. The number of piperidine rings is 1. The summed E-state index contributed by atoms with van der Waals surface area (Å²) in [6.45, 7) is 9.95. The second-order valence-corrected chi connectivity index (χ2v) is 6.59. The van der Waals surface area contributed by atoms with Crippen molar-refractivity contribution in [3.05, 3.63) is 0 Å². The van der Waals surface area contributed by atoms with Crippen molar-refractivity contribution in [1.29, 1.82) is 0 Å². The third kappa shape index (κ3) is 4.49. The molecular weight excluding hydrogens is 244 g/mol. The second-order valence-electron chi connectivity index (χ2n) is 6.59. The lowest BCUT2D eigenvalue weighted by atomic mass is 9.87. The van der Waals surface area contributed by atoms with Crippen LogP contribution < -0.4 is 5.32 Å². The van der Waals surface area contributed by atoms with Crippen LogP contribution in [0.15, 0.2) is 0 Å². The lowest BCUT2D eigenvalue weighted by Crippen LogP contribution is -2.56. The standard InChI is InChI=1S/C14H26N2O3/c1-9(17)11-6-12(15-10(2)18)8-16(7-11)13(19)14(3,4)5/h9,11-12,17H,6-8H2,1-5H3,(H,15,18). The van der Waals surface area contributed by atoms with Gasteiger partial charge in [0.2, 0.25) is 11.8 Å². The summed E-state index contributed by atoms with van der Waals surface area (Å²) in [6.07, 6.45) is 0.234. The van der Waals surface area contributed by atoms with Crippen molar-refractivity contribution in [3.63, 3.8) is 0 Å². The van der Waals surface area contributed by atoms with E-state index < -0.39 is 11.5 Å². The molecule has 0 bridgehead atoms. The van der Waals surface area contributed by atoms with E-state index in [2.05, 4.69) is 5.32 Å². The van der Waals surface area contributed by atoms with Crippen molar-refractivity contribution in [2.45, 2.75) is 53.2 Å². The van der Waals surface area contributed by atoms with E-state index in [1.54, 1.807) is 11.8 Å². The van der Waals surface area contributed by atoms with Crippen molar-refractivity contribution < 1.29 is 14.7 Å². The largest absolute Gasteiger partial charge is 0.393 e. The molecule has 0 aromatic carbocycles. The van der Waals surface area contributed by atoms with Gasteiger partial charge in [0.05, 0.1) is 6.10 Å². The fourth-order valence-electron chi connectivity index (χ4n) is 2.52. The van der Waals surface area contributed by atoms with Gasteiger partial charge in [0, 0.05) is 37.4 Å². The molecule has 1 aliphatic heterocycles. The van der Waals surface area contributed by atoms with Gasteiger partial charge in [0.15, 0.2) is 0 Å². The van der Waals surface area contributed by atoms with E-state index >= 15 is 0 Å². The Balaban J connectivity index is 2.81. The number of carbonyl (C=O) groups is 2. The number of nitrogens with one attached hydrogen (secondary N) is 1. The minimum atomic E-state index is -0.480. The van der Waals surface area contributed by atoms with E-state index in [0.717, 1.165) is 0 Å². The first kappa shape index (κ1) is 16.0.